The molecule has 0 bridgehead atoms. The molecule has 7 heteroatoms. The van der Waals surface area contributed by atoms with Gasteiger partial charge in [-0.25, -0.2) is 9.37 Å². The van der Waals surface area contributed by atoms with E-state index in [0.29, 0.717) is 28.4 Å². The zero-order valence-corrected chi connectivity index (χ0v) is 13.2. The zero-order chi connectivity index (χ0) is 16.2. The Bertz CT molecular complexity index is 894. The van der Waals surface area contributed by atoms with Gasteiger partial charge in [0.1, 0.15) is 5.82 Å². The number of aromatic nitrogens is 2. The summed E-state index contributed by atoms with van der Waals surface area (Å²) in [5, 5.41) is 1.86. The number of hydrogen-bond donors (Lipinski definition) is 0. The minimum Gasteiger partial charge on any atom is -0.441 e. The molecule has 2 aromatic heterocycles. The van der Waals surface area contributed by atoms with Crippen LogP contribution in [-0.2, 0) is 18.3 Å². The fourth-order valence-electron chi connectivity index (χ4n) is 2.02. The predicted octanol–water partition coefficient (Wildman–Crippen LogP) is 2.94. The maximum Gasteiger partial charge on any atom is 0.248 e. The first-order chi connectivity index (χ1) is 11.1. The number of oxazole rings is 1. The van der Waals surface area contributed by atoms with Crippen molar-refractivity contribution in [1.82, 2.24) is 9.55 Å². The highest BCUT2D eigenvalue weighted by molar-refractivity contribution is 7.07. The topological polar surface area (TPSA) is 60.4 Å². The molecule has 0 saturated heterocycles. The highest BCUT2D eigenvalue weighted by atomic mass is 32.1. The van der Waals surface area contributed by atoms with Gasteiger partial charge >= 0.3 is 0 Å². The molecule has 118 valence electrons. The van der Waals surface area contributed by atoms with E-state index in [-0.39, 0.29) is 18.1 Å². The molecule has 0 radical (unpaired) electrons. The summed E-state index contributed by atoms with van der Waals surface area (Å²) in [5.74, 6) is 0.134. The summed E-state index contributed by atoms with van der Waals surface area (Å²) >= 11 is 1.40. The van der Waals surface area contributed by atoms with E-state index in [9.17, 15) is 9.18 Å². The minimum atomic E-state index is -0.369. The Balaban J connectivity index is 1.67. The van der Waals surface area contributed by atoms with Crippen LogP contribution < -0.4 is 4.80 Å². The highest BCUT2D eigenvalue weighted by Crippen LogP contribution is 2.23. The molecule has 0 fully saturated rings. The van der Waals surface area contributed by atoms with E-state index in [4.69, 9.17) is 4.42 Å². The second kappa shape index (κ2) is 6.70. The van der Waals surface area contributed by atoms with Gasteiger partial charge in [-0.05, 0) is 12.1 Å². The molecule has 2 heterocycles. The molecule has 0 aliphatic heterocycles. The fourth-order valence-corrected chi connectivity index (χ4v) is 2.77. The van der Waals surface area contributed by atoms with Gasteiger partial charge in [0, 0.05) is 31.5 Å². The number of rotatable bonds is 4. The number of amides is 1. The summed E-state index contributed by atoms with van der Waals surface area (Å²) in [6.45, 7) is 0. The summed E-state index contributed by atoms with van der Waals surface area (Å²) in [4.78, 5) is 20.6. The molecule has 3 rings (SSSR count). The molecule has 0 N–H and O–H groups in total. The number of hydrogen-bond acceptors (Lipinski definition) is 4. The van der Waals surface area contributed by atoms with Crippen LogP contribution in [0.3, 0.4) is 0 Å². The Morgan fingerprint density at radius 3 is 3.00 bits per heavy atom. The summed E-state index contributed by atoms with van der Waals surface area (Å²) in [6.07, 6.45) is 3.82. The third-order valence-electron chi connectivity index (χ3n) is 3.23. The summed E-state index contributed by atoms with van der Waals surface area (Å²) < 4.78 is 21.0. The molecule has 3 aromatic rings. The first-order valence-electron chi connectivity index (χ1n) is 7.01. The summed E-state index contributed by atoms with van der Waals surface area (Å²) in [7, 11) is 1.83. The number of benzene rings is 1. The molecule has 0 aliphatic rings. The fraction of sp³-hybridized carbons (Fsp3) is 0.188. The monoisotopic (exact) mass is 331 g/mol. The van der Waals surface area contributed by atoms with Gasteiger partial charge in [-0.2, -0.15) is 4.99 Å². The molecule has 1 aromatic carbocycles. The number of halogens is 1. The van der Waals surface area contributed by atoms with Crippen LogP contribution in [0.15, 0.2) is 51.4 Å². The van der Waals surface area contributed by atoms with Crippen molar-refractivity contribution in [3.8, 4) is 11.3 Å². The van der Waals surface area contributed by atoms with E-state index < -0.39 is 0 Å². The third-order valence-corrected chi connectivity index (χ3v) is 4.07. The first-order valence-corrected chi connectivity index (χ1v) is 7.89. The molecule has 0 unspecified atom stereocenters. The van der Waals surface area contributed by atoms with Gasteiger partial charge in [-0.1, -0.05) is 12.1 Å². The molecular weight excluding hydrogens is 317 g/mol. The van der Waals surface area contributed by atoms with Crippen LogP contribution in [0, 0.1) is 5.82 Å². The van der Waals surface area contributed by atoms with E-state index >= 15 is 0 Å². The van der Waals surface area contributed by atoms with Crippen LogP contribution in [0.5, 0.6) is 0 Å². The predicted molar refractivity (Wildman–Crippen MR) is 84.1 cm³/mol. The first kappa shape index (κ1) is 15.4. The van der Waals surface area contributed by atoms with E-state index in [1.807, 2.05) is 18.6 Å². The van der Waals surface area contributed by atoms with Crippen LogP contribution in [0.1, 0.15) is 12.3 Å². The lowest BCUT2D eigenvalue weighted by Gasteiger charge is -1.97. The standard InChI is InChI=1S/C16H14FN3O2S/c1-20-8-9-23-16(20)19-14(21)6-7-15-18-10-13(22-15)11-4-2-3-5-12(11)17/h2-5,8-10H,6-7H2,1H3. The number of thiazole rings is 1. The second-order valence-electron chi connectivity index (χ2n) is 4.90. The van der Waals surface area contributed by atoms with Gasteiger partial charge in [0.05, 0.1) is 11.8 Å². The number of carbonyl (C=O) groups is 1. The van der Waals surface area contributed by atoms with Gasteiger partial charge < -0.3 is 8.98 Å². The summed E-state index contributed by atoms with van der Waals surface area (Å²) in [5.41, 5.74) is 0.355. The average molecular weight is 331 g/mol. The second-order valence-corrected chi connectivity index (χ2v) is 5.77. The molecular formula is C16H14FN3O2S. The zero-order valence-electron chi connectivity index (χ0n) is 12.4. The average Bonchev–Trinajstić information content (AvgIpc) is 3.16. The lowest BCUT2D eigenvalue weighted by atomic mass is 10.2. The third kappa shape index (κ3) is 3.62. The maximum atomic E-state index is 13.7. The Kier molecular flexibility index (Phi) is 4.47. The van der Waals surface area contributed by atoms with Crippen molar-refractivity contribution in [3.63, 3.8) is 0 Å². The van der Waals surface area contributed by atoms with Crippen LogP contribution in [0.4, 0.5) is 4.39 Å². The van der Waals surface area contributed by atoms with E-state index in [0.717, 1.165) is 0 Å². The van der Waals surface area contributed by atoms with Gasteiger partial charge in [-0.3, -0.25) is 4.79 Å². The Hall–Kier alpha value is -2.54. The Labute approximate surface area is 135 Å². The molecule has 5 nitrogen and oxygen atoms in total. The summed E-state index contributed by atoms with van der Waals surface area (Å²) in [6, 6.07) is 6.32. The number of nitrogens with zero attached hydrogens (tertiary/aromatic N) is 3. The molecule has 0 saturated carbocycles. The normalized spacial score (nSPS) is 11.8. The van der Waals surface area contributed by atoms with E-state index in [1.165, 1.54) is 23.6 Å². The Morgan fingerprint density at radius 1 is 1.43 bits per heavy atom. The molecule has 0 spiro atoms. The molecule has 0 atom stereocenters. The Morgan fingerprint density at radius 2 is 2.26 bits per heavy atom. The SMILES string of the molecule is Cn1ccsc1=NC(=O)CCc1ncc(-c2ccccc2F)o1. The molecule has 23 heavy (non-hydrogen) atoms. The minimum absolute atomic E-state index is 0.190. The maximum absolute atomic E-state index is 13.7. The molecule has 1 amide bonds. The van der Waals surface area contributed by atoms with E-state index in [2.05, 4.69) is 9.98 Å². The van der Waals surface area contributed by atoms with Crippen LogP contribution in [-0.4, -0.2) is 15.5 Å². The van der Waals surface area contributed by atoms with Gasteiger partial charge in [0.15, 0.2) is 16.5 Å². The van der Waals surface area contributed by atoms with E-state index in [1.54, 1.807) is 22.8 Å². The highest BCUT2D eigenvalue weighted by Gasteiger charge is 2.11. The van der Waals surface area contributed by atoms with Crippen molar-refractivity contribution in [2.24, 2.45) is 12.0 Å². The number of carbonyl (C=O) groups excluding carboxylic acids is 1. The number of aryl methyl sites for hydroxylation is 2. The van der Waals surface area contributed by atoms with Gasteiger partial charge in [-0.15, -0.1) is 11.3 Å². The lowest BCUT2D eigenvalue weighted by molar-refractivity contribution is -0.118. The van der Waals surface area contributed by atoms with Crippen molar-refractivity contribution in [2.75, 3.05) is 0 Å². The van der Waals surface area contributed by atoms with Crippen molar-refractivity contribution < 1.29 is 13.6 Å². The van der Waals surface area contributed by atoms with Crippen molar-refractivity contribution in [2.45, 2.75) is 12.8 Å². The van der Waals surface area contributed by atoms with Gasteiger partial charge in [0.2, 0.25) is 5.91 Å². The van der Waals surface area contributed by atoms with Crippen LogP contribution in [0.2, 0.25) is 0 Å². The van der Waals surface area contributed by atoms with Gasteiger partial charge in [0.25, 0.3) is 0 Å². The molecule has 0 aliphatic carbocycles. The lowest BCUT2D eigenvalue weighted by Crippen LogP contribution is -2.12. The smallest absolute Gasteiger partial charge is 0.248 e. The quantitative estimate of drug-likeness (QED) is 0.738. The van der Waals surface area contributed by atoms with Crippen LogP contribution >= 0.6 is 11.3 Å². The van der Waals surface area contributed by atoms with Crippen molar-refractivity contribution >= 4 is 17.2 Å². The van der Waals surface area contributed by atoms with Crippen LogP contribution in [0.25, 0.3) is 11.3 Å². The largest absolute Gasteiger partial charge is 0.441 e. The van der Waals surface area contributed by atoms with Crippen molar-refractivity contribution in [3.05, 3.63) is 58.5 Å². The van der Waals surface area contributed by atoms with Crippen molar-refractivity contribution in [1.29, 1.82) is 0 Å².